The molecule has 1 aliphatic rings. The van der Waals surface area contributed by atoms with Gasteiger partial charge in [0.15, 0.2) is 0 Å². The van der Waals surface area contributed by atoms with Gasteiger partial charge in [0.05, 0.1) is 5.69 Å². The van der Waals surface area contributed by atoms with Gasteiger partial charge >= 0.3 is 0 Å². The molecule has 2 unspecified atom stereocenters. The highest BCUT2D eigenvalue weighted by molar-refractivity contribution is 7.13. The fourth-order valence-electron chi connectivity index (χ4n) is 3.01. The number of hydrogen-bond acceptors (Lipinski definition) is 4. The van der Waals surface area contributed by atoms with E-state index < -0.39 is 0 Å². The third kappa shape index (κ3) is 3.70. The summed E-state index contributed by atoms with van der Waals surface area (Å²) < 4.78 is 0. The molecule has 1 aromatic carbocycles. The van der Waals surface area contributed by atoms with E-state index in [1.807, 2.05) is 0 Å². The Hall–Kier alpha value is -1.23. The van der Waals surface area contributed by atoms with E-state index in [9.17, 15) is 0 Å². The fraction of sp³-hybridized carbons (Fsp3) is 0.471. The molecular weight excluding hydrogens is 278 g/mol. The van der Waals surface area contributed by atoms with Gasteiger partial charge < -0.3 is 5.32 Å². The summed E-state index contributed by atoms with van der Waals surface area (Å²) in [5.41, 5.74) is 3.70. The average molecular weight is 301 g/mol. The Labute approximate surface area is 131 Å². The predicted octanol–water partition coefficient (Wildman–Crippen LogP) is 3.30. The van der Waals surface area contributed by atoms with Crippen LogP contribution in [-0.4, -0.2) is 35.1 Å². The maximum atomic E-state index is 4.81. The van der Waals surface area contributed by atoms with Gasteiger partial charge in [-0.1, -0.05) is 29.8 Å². The van der Waals surface area contributed by atoms with E-state index in [0.29, 0.717) is 12.1 Å². The van der Waals surface area contributed by atoms with Gasteiger partial charge in [0, 0.05) is 42.7 Å². The molecule has 1 aromatic heterocycles. The largest absolute Gasteiger partial charge is 0.309 e. The summed E-state index contributed by atoms with van der Waals surface area (Å²) >= 11 is 1.75. The van der Waals surface area contributed by atoms with Crippen molar-refractivity contribution in [2.24, 2.45) is 0 Å². The SMILES string of the molecule is Cc1ccc(-c2nc(CN3CC(C)NC(C)C3)cs2)cc1. The van der Waals surface area contributed by atoms with Gasteiger partial charge in [-0.3, -0.25) is 4.90 Å². The number of piperazine rings is 1. The molecule has 0 saturated carbocycles. The Morgan fingerprint density at radius 3 is 2.52 bits per heavy atom. The molecule has 0 spiro atoms. The maximum absolute atomic E-state index is 4.81. The average Bonchev–Trinajstić information content (AvgIpc) is 2.87. The molecule has 0 radical (unpaired) electrons. The minimum absolute atomic E-state index is 0.559. The number of thiazole rings is 1. The number of hydrogen-bond donors (Lipinski definition) is 1. The minimum atomic E-state index is 0.559. The van der Waals surface area contributed by atoms with E-state index in [2.05, 4.69) is 60.6 Å². The summed E-state index contributed by atoms with van der Waals surface area (Å²) in [5.74, 6) is 0. The van der Waals surface area contributed by atoms with Crippen LogP contribution in [0.1, 0.15) is 25.1 Å². The van der Waals surface area contributed by atoms with Crippen LogP contribution in [0.15, 0.2) is 29.6 Å². The summed E-state index contributed by atoms with van der Waals surface area (Å²) in [6.45, 7) is 9.77. The Bertz CT molecular complexity index is 580. The molecule has 3 rings (SSSR count). The molecule has 0 aliphatic carbocycles. The van der Waals surface area contributed by atoms with Gasteiger partial charge in [-0.2, -0.15) is 0 Å². The third-order valence-corrected chi connectivity index (χ3v) is 4.81. The van der Waals surface area contributed by atoms with Crippen molar-refractivity contribution >= 4 is 11.3 Å². The molecule has 0 amide bonds. The third-order valence-electron chi connectivity index (χ3n) is 3.87. The first kappa shape index (κ1) is 14.7. The van der Waals surface area contributed by atoms with Crippen LogP contribution < -0.4 is 5.32 Å². The van der Waals surface area contributed by atoms with E-state index in [0.717, 1.165) is 24.6 Å². The smallest absolute Gasteiger partial charge is 0.123 e. The first-order valence-electron chi connectivity index (χ1n) is 7.60. The lowest BCUT2D eigenvalue weighted by atomic mass is 10.1. The van der Waals surface area contributed by atoms with Crippen molar-refractivity contribution in [2.45, 2.75) is 39.4 Å². The minimum Gasteiger partial charge on any atom is -0.309 e. The van der Waals surface area contributed by atoms with Gasteiger partial charge in [-0.05, 0) is 20.8 Å². The molecule has 21 heavy (non-hydrogen) atoms. The lowest BCUT2D eigenvalue weighted by molar-refractivity contribution is 0.165. The summed E-state index contributed by atoms with van der Waals surface area (Å²) in [4.78, 5) is 7.31. The highest BCUT2D eigenvalue weighted by atomic mass is 32.1. The van der Waals surface area contributed by atoms with Crippen LogP contribution in [0.2, 0.25) is 0 Å². The zero-order chi connectivity index (χ0) is 14.8. The molecule has 0 bridgehead atoms. The van der Waals surface area contributed by atoms with Crippen molar-refractivity contribution < 1.29 is 0 Å². The van der Waals surface area contributed by atoms with Crippen LogP contribution in [0.4, 0.5) is 0 Å². The normalized spacial score (nSPS) is 23.4. The lowest BCUT2D eigenvalue weighted by Gasteiger charge is -2.35. The fourth-order valence-corrected chi connectivity index (χ4v) is 3.82. The van der Waals surface area contributed by atoms with Crippen molar-refractivity contribution in [1.82, 2.24) is 15.2 Å². The molecule has 1 aliphatic heterocycles. The molecule has 112 valence electrons. The van der Waals surface area contributed by atoms with Gasteiger partial charge in [-0.15, -0.1) is 11.3 Å². The van der Waals surface area contributed by atoms with Crippen molar-refractivity contribution in [1.29, 1.82) is 0 Å². The topological polar surface area (TPSA) is 28.2 Å². The number of aryl methyl sites for hydroxylation is 1. The van der Waals surface area contributed by atoms with Crippen molar-refractivity contribution in [3.63, 3.8) is 0 Å². The number of aromatic nitrogens is 1. The molecule has 1 fully saturated rings. The Kier molecular flexibility index (Phi) is 4.38. The molecule has 1 saturated heterocycles. The van der Waals surface area contributed by atoms with Crippen LogP contribution >= 0.6 is 11.3 Å². The monoisotopic (exact) mass is 301 g/mol. The number of rotatable bonds is 3. The zero-order valence-electron chi connectivity index (χ0n) is 13.0. The lowest BCUT2D eigenvalue weighted by Crippen LogP contribution is -2.53. The number of benzene rings is 1. The first-order chi connectivity index (χ1) is 10.1. The Morgan fingerprint density at radius 1 is 1.19 bits per heavy atom. The molecule has 2 heterocycles. The van der Waals surface area contributed by atoms with Gasteiger partial charge in [0.2, 0.25) is 0 Å². The van der Waals surface area contributed by atoms with E-state index in [1.165, 1.54) is 16.8 Å². The molecule has 2 aromatic rings. The Morgan fingerprint density at radius 2 is 1.86 bits per heavy atom. The Balaban J connectivity index is 1.69. The highest BCUT2D eigenvalue weighted by Gasteiger charge is 2.21. The van der Waals surface area contributed by atoms with E-state index in [4.69, 9.17) is 4.98 Å². The van der Waals surface area contributed by atoms with Crippen LogP contribution in [0.25, 0.3) is 10.6 Å². The predicted molar refractivity (Wildman–Crippen MR) is 89.6 cm³/mol. The van der Waals surface area contributed by atoms with Gasteiger partial charge in [-0.25, -0.2) is 4.98 Å². The van der Waals surface area contributed by atoms with Crippen LogP contribution in [0.3, 0.4) is 0 Å². The molecule has 1 N–H and O–H groups in total. The van der Waals surface area contributed by atoms with Gasteiger partial charge in [0.25, 0.3) is 0 Å². The van der Waals surface area contributed by atoms with Gasteiger partial charge in [0.1, 0.15) is 5.01 Å². The molecule has 3 nitrogen and oxygen atoms in total. The number of nitrogens with one attached hydrogen (secondary N) is 1. The summed E-state index contributed by atoms with van der Waals surface area (Å²) in [6, 6.07) is 9.74. The summed E-state index contributed by atoms with van der Waals surface area (Å²) in [6.07, 6.45) is 0. The van der Waals surface area contributed by atoms with Crippen LogP contribution in [0.5, 0.6) is 0 Å². The first-order valence-corrected chi connectivity index (χ1v) is 8.48. The molecule has 4 heteroatoms. The highest BCUT2D eigenvalue weighted by Crippen LogP contribution is 2.24. The van der Waals surface area contributed by atoms with E-state index in [-0.39, 0.29) is 0 Å². The van der Waals surface area contributed by atoms with Crippen molar-refractivity contribution in [3.05, 3.63) is 40.9 Å². The second-order valence-corrected chi connectivity index (χ2v) is 7.03. The van der Waals surface area contributed by atoms with Crippen molar-refractivity contribution in [3.8, 4) is 10.6 Å². The second kappa shape index (κ2) is 6.26. The standard InChI is InChI=1S/C17H23N3S/c1-12-4-6-15(7-5-12)17-19-16(11-21-17)10-20-8-13(2)18-14(3)9-20/h4-7,11,13-14,18H,8-10H2,1-3H3. The van der Waals surface area contributed by atoms with E-state index >= 15 is 0 Å². The van der Waals surface area contributed by atoms with Crippen LogP contribution in [-0.2, 0) is 6.54 Å². The molecular formula is C17H23N3S. The van der Waals surface area contributed by atoms with Crippen molar-refractivity contribution in [2.75, 3.05) is 13.1 Å². The second-order valence-electron chi connectivity index (χ2n) is 6.17. The summed E-state index contributed by atoms with van der Waals surface area (Å²) in [7, 11) is 0. The number of nitrogens with zero attached hydrogens (tertiary/aromatic N) is 2. The van der Waals surface area contributed by atoms with E-state index in [1.54, 1.807) is 11.3 Å². The van der Waals surface area contributed by atoms with Crippen LogP contribution in [0, 0.1) is 6.92 Å². The zero-order valence-corrected chi connectivity index (χ0v) is 13.8. The maximum Gasteiger partial charge on any atom is 0.123 e. The summed E-state index contributed by atoms with van der Waals surface area (Å²) in [5, 5.41) is 6.90. The quantitative estimate of drug-likeness (QED) is 0.943. The molecule has 2 atom stereocenters.